The Morgan fingerprint density at radius 1 is 1.22 bits per heavy atom. The fourth-order valence-corrected chi connectivity index (χ4v) is 1.85. The van der Waals surface area contributed by atoms with Gasteiger partial charge in [0, 0.05) is 24.7 Å². The molecule has 0 unspecified atom stereocenters. The van der Waals surface area contributed by atoms with Gasteiger partial charge in [-0.3, -0.25) is 10.2 Å². The molecule has 120 valence electrons. The lowest BCUT2D eigenvalue weighted by molar-refractivity contribution is -0.137. The predicted octanol–water partition coefficient (Wildman–Crippen LogP) is 2.27. The van der Waals surface area contributed by atoms with Gasteiger partial charge in [-0.25, -0.2) is 14.7 Å². The lowest BCUT2D eigenvalue weighted by Crippen LogP contribution is -2.27. The molecule has 0 bridgehead atoms. The number of alkyl halides is 3. The summed E-state index contributed by atoms with van der Waals surface area (Å²) in [5.41, 5.74) is -0.826. The summed E-state index contributed by atoms with van der Waals surface area (Å²) in [5.74, 6) is 0.953. The summed E-state index contributed by atoms with van der Waals surface area (Å²) in [7, 11) is 0. The zero-order valence-electron chi connectivity index (χ0n) is 11.6. The Kier molecular flexibility index (Phi) is 3.74. The van der Waals surface area contributed by atoms with Crippen LogP contribution in [0.3, 0.4) is 0 Å². The molecular formula is C13H11F3N6O. The van der Waals surface area contributed by atoms with Crippen molar-refractivity contribution >= 4 is 12.0 Å². The lowest BCUT2D eigenvalue weighted by atomic mass is 10.3. The van der Waals surface area contributed by atoms with Crippen molar-refractivity contribution in [3.8, 4) is 5.82 Å². The fourth-order valence-electron chi connectivity index (χ4n) is 1.85. The monoisotopic (exact) mass is 324 g/mol. The van der Waals surface area contributed by atoms with Crippen molar-refractivity contribution in [2.75, 3.05) is 11.9 Å². The molecule has 3 rings (SSSR count). The second kappa shape index (κ2) is 5.72. The SMILES string of the molecule is ON1CC=NC=C1Nc1ccn(-c2ccc(C(F)(F)F)cn2)n1. The Labute approximate surface area is 128 Å². The second-order valence-electron chi connectivity index (χ2n) is 4.60. The molecule has 10 heteroatoms. The van der Waals surface area contributed by atoms with Gasteiger partial charge in [-0.1, -0.05) is 0 Å². The van der Waals surface area contributed by atoms with E-state index in [2.05, 4.69) is 20.4 Å². The standard InChI is InChI=1S/C13H11F3N6O/c14-13(15,16)9-1-2-11(18-7-9)21-5-3-10(20-21)19-12-8-17-4-6-22(12)23/h1-5,7-8,23H,6H2,(H,19,20). The number of rotatable bonds is 3. The van der Waals surface area contributed by atoms with Gasteiger partial charge in [0.25, 0.3) is 0 Å². The predicted molar refractivity (Wildman–Crippen MR) is 75.1 cm³/mol. The summed E-state index contributed by atoms with van der Waals surface area (Å²) < 4.78 is 38.8. The van der Waals surface area contributed by atoms with E-state index in [9.17, 15) is 18.4 Å². The molecule has 0 saturated heterocycles. The molecule has 0 aliphatic carbocycles. The van der Waals surface area contributed by atoms with Gasteiger partial charge in [0.1, 0.15) is 0 Å². The van der Waals surface area contributed by atoms with E-state index in [1.165, 1.54) is 29.4 Å². The number of aliphatic imine (C=N–C) groups is 1. The van der Waals surface area contributed by atoms with Crippen LogP contribution in [0, 0.1) is 0 Å². The molecule has 0 spiro atoms. The summed E-state index contributed by atoms with van der Waals surface area (Å²) in [6, 6.07) is 3.75. The van der Waals surface area contributed by atoms with E-state index in [0.717, 1.165) is 17.3 Å². The van der Waals surface area contributed by atoms with E-state index in [1.54, 1.807) is 6.07 Å². The number of hydrogen-bond acceptors (Lipinski definition) is 6. The summed E-state index contributed by atoms with van der Waals surface area (Å²) in [5, 5.41) is 17.5. The third-order valence-electron chi connectivity index (χ3n) is 2.99. The molecule has 2 aromatic heterocycles. The Bertz CT molecular complexity index is 750. The van der Waals surface area contributed by atoms with Gasteiger partial charge in [-0.2, -0.15) is 13.2 Å². The number of nitrogens with zero attached hydrogens (tertiary/aromatic N) is 5. The van der Waals surface area contributed by atoms with Crippen molar-refractivity contribution in [2.45, 2.75) is 6.18 Å². The first-order chi connectivity index (χ1) is 10.9. The minimum absolute atomic E-state index is 0.236. The molecule has 7 nitrogen and oxygen atoms in total. The van der Waals surface area contributed by atoms with Gasteiger partial charge < -0.3 is 5.32 Å². The highest BCUT2D eigenvalue weighted by molar-refractivity contribution is 5.62. The van der Waals surface area contributed by atoms with E-state index in [4.69, 9.17) is 0 Å². The Morgan fingerprint density at radius 3 is 2.70 bits per heavy atom. The maximum absolute atomic E-state index is 12.5. The van der Waals surface area contributed by atoms with Crippen molar-refractivity contribution in [3.63, 3.8) is 0 Å². The molecule has 2 N–H and O–H groups in total. The number of hydrogen-bond donors (Lipinski definition) is 2. The zero-order valence-corrected chi connectivity index (χ0v) is 11.6. The molecule has 3 heterocycles. The molecule has 0 atom stereocenters. The van der Waals surface area contributed by atoms with Gasteiger partial charge in [-0.15, -0.1) is 5.10 Å². The van der Waals surface area contributed by atoms with Crippen LogP contribution in [0.25, 0.3) is 5.82 Å². The molecule has 2 aromatic rings. The first kappa shape index (κ1) is 15.0. The van der Waals surface area contributed by atoms with Crippen molar-refractivity contribution in [3.05, 3.63) is 48.2 Å². The number of hydroxylamine groups is 2. The molecule has 0 amide bonds. The van der Waals surface area contributed by atoms with Crippen LogP contribution in [0.15, 0.2) is 47.6 Å². The van der Waals surface area contributed by atoms with Crippen LogP contribution in [-0.2, 0) is 6.18 Å². The largest absolute Gasteiger partial charge is 0.417 e. The van der Waals surface area contributed by atoms with E-state index >= 15 is 0 Å². The van der Waals surface area contributed by atoms with E-state index in [-0.39, 0.29) is 12.4 Å². The van der Waals surface area contributed by atoms with Crippen LogP contribution in [-0.4, -0.2) is 37.8 Å². The third-order valence-corrected chi connectivity index (χ3v) is 2.99. The van der Waals surface area contributed by atoms with Crippen LogP contribution in [0.4, 0.5) is 19.0 Å². The van der Waals surface area contributed by atoms with Crippen molar-refractivity contribution < 1.29 is 18.4 Å². The molecular weight excluding hydrogens is 313 g/mol. The summed E-state index contributed by atoms with van der Waals surface area (Å²) >= 11 is 0. The Morgan fingerprint density at radius 2 is 2.04 bits per heavy atom. The average Bonchev–Trinajstić information content (AvgIpc) is 2.97. The zero-order chi connectivity index (χ0) is 16.4. The highest BCUT2D eigenvalue weighted by atomic mass is 19.4. The summed E-state index contributed by atoms with van der Waals surface area (Å²) in [6.45, 7) is 0.236. The molecule has 0 aromatic carbocycles. The molecule has 1 aliphatic rings. The maximum atomic E-state index is 12.5. The quantitative estimate of drug-likeness (QED) is 0.905. The van der Waals surface area contributed by atoms with Crippen LogP contribution in [0.2, 0.25) is 0 Å². The number of pyridine rings is 1. The summed E-state index contributed by atoms with van der Waals surface area (Å²) in [6.07, 6.45) is 0.792. The van der Waals surface area contributed by atoms with Crippen LogP contribution in [0.5, 0.6) is 0 Å². The molecule has 0 saturated carbocycles. The van der Waals surface area contributed by atoms with E-state index < -0.39 is 11.7 Å². The van der Waals surface area contributed by atoms with Crippen LogP contribution in [0.1, 0.15) is 5.56 Å². The van der Waals surface area contributed by atoms with Gasteiger partial charge in [0.2, 0.25) is 0 Å². The fraction of sp³-hybridized carbons (Fsp3) is 0.154. The minimum Gasteiger partial charge on any atom is -0.322 e. The number of anilines is 1. The summed E-state index contributed by atoms with van der Waals surface area (Å²) in [4.78, 5) is 7.64. The maximum Gasteiger partial charge on any atom is 0.417 e. The lowest BCUT2D eigenvalue weighted by Gasteiger charge is -2.20. The van der Waals surface area contributed by atoms with Crippen LogP contribution >= 0.6 is 0 Å². The van der Waals surface area contributed by atoms with Gasteiger partial charge >= 0.3 is 6.18 Å². The minimum atomic E-state index is -4.43. The number of nitrogens with one attached hydrogen (secondary N) is 1. The third kappa shape index (κ3) is 3.31. The van der Waals surface area contributed by atoms with Gasteiger partial charge in [0.15, 0.2) is 17.5 Å². The van der Waals surface area contributed by atoms with E-state index in [1.807, 2.05) is 0 Å². The first-order valence-corrected chi connectivity index (χ1v) is 6.48. The second-order valence-corrected chi connectivity index (χ2v) is 4.60. The average molecular weight is 324 g/mol. The molecule has 0 fully saturated rings. The van der Waals surface area contributed by atoms with Crippen molar-refractivity contribution in [1.29, 1.82) is 0 Å². The number of halogens is 3. The van der Waals surface area contributed by atoms with Crippen molar-refractivity contribution in [1.82, 2.24) is 19.8 Å². The first-order valence-electron chi connectivity index (χ1n) is 6.48. The van der Waals surface area contributed by atoms with Crippen LogP contribution < -0.4 is 5.32 Å². The Hall–Kier alpha value is -2.88. The highest BCUT2D eigenvalue weighted by Gasteiger charge is 2.30. The topological polar surface area (TPSA) is 78.6 Å². The van der Waals surface area contributed by atoms with Gasteiger partial charge in [-0.05, 0) is 12.1 Å². The molecule has 1 aliphatic heterocycles. The number of aromatic nitrogens is 3. The molecule has 0 radical (unpaired) electrons. The van der Waals surface area contributed by atoms with Gasteiger partial charge in [0.05, 0.1) is 18.3 Å². The van der Waals surface area contributed by atoms with E-state index in [0.29, 0.717) is 11.6 Å². The smallest absolute Gasteiger partial charge is 0.322 e. The highest BCUT2D eigenvalue weighted by Crippen LogP contribution is 2.28. The Balaban J connectivity index is 1.77. The molecule has 23 heavy (non-hydrogen) atoms. The van der Waals surface area contributed by atoms with Crippen molar-refractivity contribution in [2.24, 2.45) is 4.99 Å². The normalized spacial score (nSPS) is 14.8.